The Morgan fingerprint density at radius 3 is 2.71 bits per heavy atom. The van der Waals surface area contributed by atoms with Gasteiger partial charge >= 0.3 is 5.97 Å². The summed E-state index contributed by atoms with van der Waals surface area (Å²) in [6.07, 6.45) is 0.862. The van der Waals surface area contributed by atoms with E-state index in [2.05, 4.69) is 0 Å². The molecule has 1 fully saturated rings. The molecule has 0 radical (unpaired) electrons. The first-order valence-electron chi connectivity index (χ1n) is 7.12. The number of hydrogen-bond acceptors (Lipinski definition) is 3. The lowest BCUT2D eigenvalue weighted by atomic mass is 10.1. The molecule has 0 spiro atoms. The topological polar surface area (TPSA) is 35.5 Å². The van der Waals surface area contributed by atoms with Gasteiger partial charge in [0, 0.05) is 0 Å². The molecule has 0 aromatic heterocycles. The monoisotopic (exact) mass is 282 g/mol. The van der Waals surface area contributed by atoms with E-state index in [1.807, 2.05) is 54.6 Å². The third-order valence-corrected chi connectivity index (χ3v) is 3.84. The van der Waals surface area contributed by atoms with E-state index in [0.717, 1.165) is 23.3 Å². The number of ether oxygens (including phenoxy) is 2. The molecule has 3 heteroatoms. The highest BCUT2D eigenvalue weighted by Gasteiger charge is 2.45. The minimum atomic E-state index is -0.105. The van der Waals surface area contributed by atoms with Crippen LogP contribution in [-0.4, -0.2) is 13.1 Å². The SMILES string of the molecule is COc1cccc([C@@H]2C[C@H]2C(=O)OCc2ccccc2)c1. The number of carbonyl (C=O) groups is 1. The molecule has 21 heavy (non-hydrogen) atoms. The van der Waals surface area contributed by atoms with Gasteiger partial charge in [-0.1, -0.05) is 42.5 Å². The van der Waals surface area contributed by atoms with Gasteiger partial charge in [0.05, 0.1) is 13.0 Å². The third kappa shape index (κ3) is 3.24. The van der Waals surface area contributed by atoms with E-state index in [9.17, 15) is 4.79 Å². The second kappa shape index (κ2) is 6.00. The molecular formula is C18H18O3. The molecule has 0 amide bonds. The van der Waals surface area contributed by atoms with Crippen LogP contribution in [-0.2, 0) is 16.1 Å². The second-order valence-corrected chi connectivity index (χ2v) is 5.32. The Kier molecular flexibility index (Phi) is 3.91. The van der Waals surface area contributed by atoms with Crippen LogP contribution in [0.25, 0.3) is 0 Å². The van der Waals surface area contributed by atoms with E-state index in [4.69, 9.17) is 9.47 Å². The molecule has 3 nitrogen and oxygen atoms in total. The summed E-state index contributed by atoms with van der Waals surface area (Å²) in [5.41, 5.74) is 2.17. The molecule has 1 aliphatic carbocycles. The minimum absolute atomic E-state index is 0.0131. The van der Waals surface area contributed by atoms with Crippen molar-refractivity contribution in [2.75, 3.05) is 7.11 Å². The van der Waals surface area contributed by atoms with Crippen LogP contribution in [0.15, 0.2) is 54.6 Å². The van der Waals surface area contributed by atoms with Crippen molar-refractivity contribution in [2.24, 2.45) is 5.92 Å². The summed E-state index contributed by atoms with van der Waals surface area (Å²) in [5, 5.41) is 0. The highest BCUT2D eigenvalue weighted by Crippen LogP contribution is 2.48. The average Bonchev–Trinajstić information content (AvgIpc) is 3.34. The summed E-state index contributed by atoms with van der Waals surface area (Å²) in [5.74, 6) is 0.978. The number of methoxy groups -OCH3 is 1. The number of hydrogen-bond donors (Lipinski definition) is 0. The Hall–Kier alpha value is -2.29. The molecule has 0 aliphatic heterocycles. The summed E-state index contributed by atoms with van der Waals surface area (Å²) in [6, 6.07) is 17.7. The lowest BCUT2D eigenvalue weighted by Crippen LogP contribution is -2.07. The van der Waals surface area contributed by atoms with Crippen LogP contribution in [0.4, 0.5) is 0 Å². The number of rotatable bonds is 5. The highest BCUT2D eigenvalue weighted by molar-refractivity contribution is 5.77. The van der Waals surface area contributed by atoms with Crippen LogP contribution in [0.2, 0.25) is 0 Å². The van der Waals surface area contributed by atoms with E-state index in [0.29, 0.717) is 6.61 Å². The molecule has 3 rings (SSSR count). The quantitative estimate of drug-likeness (QED) is 0.787. The molecule has 0 N–H and O–H groups in total. The minimum Gasteiger partial charge on any atom is -0.497 e. The molecule has 2 atom stereocenters. The third-order valence-electron chi connectivity index (χ3n) is 3.84. The van der Waals surface area contributed by atoms with Gasteiger partial charge in [-0.3, -0.25) is 4.79 Å². The molecule has 2 aromatic carbocycles. The Morgan fingerprint density at radius 1 is 1.14 bits per heavy atom. The van der Waals surface area contributed by atoms with Crippen molar-refractivity contribution in [2.45, 2.75) is 18.9 Å². The summed E-state index contributed by atoms with van der Waals surface area (Å²) in [6.45, 7) is 0.348. The molecule has 0 bridgehead atoms. The molecule has 2 aromatic rings. The van der Waals surface area contributed by atoms with Crippen molar-refractivity contribution in [3.8, 4) is 5.75 Å². The first kappa shape index (κ1) is 13.7. The van der Waals surface area contributed by atoms with Crippen molar-refractivity contribution in [1.29, 1.82) is 0 Å². The fourth-order valence-electron chi connectivity index (χ4n) is 2.53. The normalized spacial score (nSPS) is 19.9. The van der Waals surface area contributed by atoms with E-state index in [1.165, 1.54) is 0 Å². The fraction of sp³-hybridized carbons (Fsp3) is 0.278. The van der Waals surface area contributed by atoms with Crippen LogP contribution in [0, 0.1) is 5.92 Å². The first-order chi connectivity index (χ1) is 10.3. The number of esters is 1. The molecular weight excluding hydrogens is 264 g/mol. The zero-order chi connectivity index (χ0) is 14.7. The summed E-state index contributed by atoms with van der Waals surface area (Å²) in [7, 11) is 1.65. The van der Waals surface area contributed by atoms with E-state index >= 15 is 0 Å². The van der Waals surface area contributed by atoms with Crippen molar-refractivity contribution >= 4 is 5.97 Å². The van der Waals surface area contributed by atoms with Gasteiger partial charge in [0.15, 0.2) is 0 Å². The van der Waals surface area contributed by atoms with Gasteiger partial charge in [0.1, 0.15) is 12.4 Å². The largest absolute Gasteiger partial charge is 0.497 e. The Morgan fingerprint density at radius 2 is 1.95 bits per heavy atom. The molecule has 0 unspecified atom stereocenters. The van der Waals surface area contributed by atoms with Gasteiger partial charge in [0.25, 0.3) is 0 Å². The first-order valence-corrected chi connectivity index (χ1v) is 7.12. The Balaban J connectivity index is 1.56. The molecule has 0 heterocycles. The van der Waals surface area contributed by atoms with Crippen molar-refractivity contribution in [3.05, 3.63) is 65.7 Å². The average molecular weight is 282 g/mol. The number of carbonyl (C=O) groups excluding carboxylic acids is 1. The fourth-order valence-corrected chi connectivity index (χ4v) is 2.53. The van der Waals surface area contributed by atoms with E-state index in [-0.39, 0.29) is 17.8 Å². The zero-order valence-corrected chi connectivity index (χ0v) is 12.0. The number of benzene rings is 2. The molecule has 108 valence electrons. The van der Waals surface area contributed by atoms with Gasteiger partial charge in [-0.2, -0.15) is 0 Å². The van der Waals surface area contributed by atoms with Gasteiger partial charge in [-0.15, -0.1) is 0 Å². The van der Waals surface area contributed by atoms with Gasteiger partial charge < -0.3 is 9.47 Å². The van der Waals surface area contributed by atoms with Crippen LogP contribution >= 0.6 is 0 Å². The molecule has 1 aliphatic rings. The van der Waals surface area contributed by atoms with E-state index in [1.54, 1.807) is 7.11 Å². The van der Waals surface area contributed by atoms with Gasteiger partial charge in [-0.05, 0) is 35.6 Å². The van der Waals surface area contributed by atoms with Crippen molar-refractivity contribution in [1.82, 2.24) is 0 Å². The van der Waals surface area contributed by atoms with Crippen LogP contribution in [0.5, 0.6) is 5.75 Å². The molecule has 1 saturated carbocycles. The summed E-state index contributed by atoms with van der Waals surface area (Å²) >= 11 is 0. The van der Waals surface area contributed by atoms with Gasteiger partial charge in [-0.25, -0.2) is 0 Å². The van der Waals surface area contributed by atoms with Crippen molar-refractivity contribution < 1.29 is 14.3 Å². The smallest absolute Gasteiger partial charge is 0.309 e. The maximum Gasteiger partial charge on any atom is 0.309 e. The zero-order valence-electron chi connectivity index (χ0n) is 12.0. The van der Waals surface area contributed by atoms with Crippen LogP contribution in [0.1, 0.15) is 23.5 Å². The molecule has 0 saturated heterocycles. The maximum absolute atomic E-state index is 12.1. The highest BCUT2D eigenvalue weighted by atomic mass is 16.5. The summed E-state index contributed by atoms with van der Waals surface area (Å²) < 4.78 is 10.6. The standard InChI is InChI=1S/C18H18O3/c1-20-15-9-5-8-14(10-15)16-11-17(16)18(19)21-12-13-6-3-2-4-7-13/h2-10,16-17H,11-12H2,1H3/t16-,17+/m0/s1. The van der Waals surface area contributed by atoms with Crippen LogP contribution in [0.3, 0.4) is 0 Å². The lowest BCUT2D eigenvalue weighted by Gasteiger charge is -2.06. The van der Waals surface area contributed by atoms with Crippen LogP contribution < -0.4 is 4.74 Å². The Bertz CT molecular complexity index is 621. The predicted molar refractivity (Wildman–Crippen MR) is 80.1 cm³/mol. The predicted octanol–water partition coefficient (Wildman–Crippen LogP) is 3.54. The summed E-state index contributed by atoms with van der Waals surface area (Å²) in [4.78, 5) is 12.1. The Labute approximate surface area is 124 Å². The maximum atomic E-state index is 12.1. The van der Waals surface area contributed by atoms with E-state index < -0.39 is 0 Å². The second-order valence-electron chi connectivity index (χ2n) is 5.32. The van der Waals surface area contributed by atoms with Gasteiger partial charge in [0.2, 0.25) is 0 Å². The van der Waals surface area contributed by atoms with Crippen molar-refractivity contribution in [3.63, 3.8) is 0 Å². The lowest BCUT2D eigenvalue weighted by molar-refractivity contribution is -0.146.